The standard InChI is InChI=1S/C18H22O2/c1-2-13-11-18(20-17-10-6-4-8-15(13)17)16-9-5-3-7-14(16)12-19-18/h2,4,6,8,10,13-14,16H,1,3,5,7,9,11-12H2/t13-,14-,16-,18-/m1/s1. The van der Waals surface area contributed by atoms with Crippen LogP contribution in [0.25, 0.3) is 0 Å². The third kappa shape index (κ3) is 1.74. The molecule has 20 heavy (non-hydrogen) atoms. The van der Waals surface area contributed by atoms with Crippen molar-refractivity contribution < 1.29 is 9.47 Å². The lowest BCUT2D eigenvalue weighted by atomic mass is 9.73. The van der Waals surface area contributed by atoms with Gasteiger partial charge in [-0.1, -0.05) is 37.1 Å². The SMILES string of the molecule is C=C[C@@H]1C[C@@]2(OC[C@H]3CCCC[C@H]32)Oc2ccccc21. The minimum atomic E-state index is -0.391. The summed E-state index contributed by atoms with van der Waals surface area (Å²) in [5.74, 6) is 2.21. The molecule has 1 saturated carbocycles. The molecule has 1 aromatic rings. The molecular formula is C18H22O2. The van der Waals surface area contributed by atoms with E-state index >= 15 is 0 Å². The van der Waals surface area contributed by atoms with Gasteiger partial charge in [0.05, 0.1) is 6.61 Å². The minimum absolute atomic E-state index is 0.348. The number of allylic oxidation sites excluding steroid dienone is 1. The third-order valence-electron chi connectivity index (χ3n) is 5.41. The van der Waals surface area contributed by atoms with E-state index < -0.39 is 5.79 Å². The van der Waals surface area contributed by atoms with E-state index in [1.807, 2.05) is 6.07 Å². The van der Waals surface area contributed by atoms with Crippen molar-refractivity contribution in [1.29, 1.82) is 0 Å². The van der Waals surface area contributed by atoms with E-state index in [-0.39, 0.29) is 0 Å². The van der Waals surface area contributed by atoms with Gasteiger partial charge in [0.1, 0.15) is 5.75 Å². The van der Waals surface area contributed by atoms with Crippen LogP contribution in [0, 0.1) is 11.8 Å². The maximum Gasteiger partial charge on any atom is 0.214 e. The molecule has 0 radical (unpaired) electrons. The smallest absolute Gasteiger partial charge is 0.214 e. The van der Waals surface area contributed by atoms with Crippen LogP contribution in [0.1, 0.15) is 43.6 Å². The summed E-state index contributed by atoms with van der Waals surface area (Å²) in [5.41, 5.74) is 1.26. The van der Waals surface area contributed by atoms with Crippen molar-refractivity contribution in [1.82, 2.24) is 0 Å². The maximum atomic E-state index is 6.41. The van der Waals surface area contributed by atoms with Crippen LogP contribution < -0.4 is 4.74 Å². The minimum Gasteiger partial charge on any atom is -0.462 e. The molecule has 1 spiro atoms. The van der Waals surface area contributed by atoms with Gasteiger partial charge in [0.15, 0.2) is 0 Å². The fraction of sp³-hybridized carbons (Fsp3) is 0.556. The van der Waals surface area contributed by atoms with Gasteiger partial charge in [0.2, 0.25) is 5.79 Å². The molecule has 4 rings (SSSR count). The van der Waals surface area contributed by atoms with Crippen molar-refractivity contribution in [3.63, 3.8) is 0 Å². The Morgan fingerprint density at radius 2 is 2.05 bits per heavy atom. The summed E-state index contributed by atoms with van der Waals surface area (Å²) in [6.45, 7) is 4.90. The van der Waals surface area contributed by atoms with Crippen LogP contribution in [0.2, 0.25) is 0 Å². The third-order valence-corrected chi connectivity index (χ3v) is 5.41. The lowest BCUT2D eigenvalue weighted by molar-refractivity contribution is -0.189. The van der Waals surface area contributed by atoms with Crippen molar-refractivity contribution in [3.8, 4) is 5.75 Å². The van der Waals surface area contributed by atoms with Crippen molar-refractivity contribution in [2.75, 3.05) is 6.61 Å². The van der Waals surface area contributed by atoms with E-state index in [0.29, 0.717) is 17.8 Å². The molecule has 0 N–H and O–H groups in total. The Bertz CT molecular complexity index is 524. The van der Waals surface area contributed by atoms with E-state index in [1.54, 1.807) is 0 Å². The predicted octanol–water partition coefficient (Wildman–Crippen LogP) is 4.27. The number of benzene rings is 1. The summed E-state index contributed by atoms with van der Waals surface area (Å²) in [6.07, 6.45) is 8.20. The van der Waals surface area contributed by atoms with E-state index in [9.17, 15) is 0 Å². The number of ether oxygens (including phenoxy) is 2. The average molecular weight is 270 g/mol. The molecule has 106 valence electrons. The summed E-state index contributed by atoms with van der Waals surface area (Å²) < 4.78 is 12.7. The molecule has 2 nitrogen and oxygen atoms in total. The second-order valence-corrected chi connectivity index (χ2v) is 6.46. The largest absolute Gasteiger partial charge is 0.462 e. The molecular weight excluding hydrogens is 248 g/mol. The number of hydrogen-bond acceptors (Lipinski definition) is 2. The first kappa shape index (κ1) is 12.5. The van der Waals surface area contributed by atoms with Gasteiger partial charge < -0.3 is 9.47 Å². The molecule has 0 bridgehead atoms. The Morgan fingerprint density at radius 3 is 2.95 bits per heavy atom. The molecule has 1 aromatic carbocycles. The molecule has 2 heterocycles. The fourth-order valence-corrected chi connectivity index (χ4v) is 4.39. The molecule has 2 heteroatoms. The Balaban J connectivity index is 1.72. The summed E-state index contributed by atoms with van der Waals surface area (Å²) in [5, 5.41) is 0. The van der Waals surface area contributed by atoms with E-state index in [4.69, 9.17) is 9.47 Å². The predicted molar refractivity (Wildman–Crippen MR) is 78.8 cm³/mol. The summed E-state index contributed by atoms with van der Waals surface area (Å²) in [4.78, 5) is 0. The zero-order valence-corrected chi connectivity index (χ0v) is 11.9. The van der Waals surface area contributed by atoms with Crippen molar-refractivity contribution in [3.05, 3.63) is 42.5 Å². The van der Waals surface area contributed by atoms with Crippen LogP contribution in [-0.2, 0) is 4.74 Å². The first-order chi connectivity index (χ1) is 9.82. The number of rotatable bonds is 1. The van der Waals surface area contributed by atoms with Crippen molar-refractivity contribution in [2.24, 2.45) is 11.8 Å². The quantitative estimate of drug-likeness (QED) is 0.709. The Hall–Kier alpha value is -1.28. The van der Waals surface area contributed by atoms with Gasteiger partial charge in [-0.3, -0.25) is 0 Å². The van der Waals surface area contributed by atoms with Gasteiger partial charge >= 0.3 is 0 Å². The van der Waals surface area contributed by atoms with Gasteiger partial charge in [-0.15, -0.1) is 6.58 Å². The van der Waals surface area contributed by atoms with Gasteiger partial charge in [-0.2, -0.15) is 0 Å². The number of fused-ring (bicyclic) bond motifs is 3. The first-order valence-electron chi connectivity index (χ1n) is 7.87. The highest BCUT2D eigenvalue weighted by molar-refractivity contribution is 5.41. The highest BCUT2D eigenvalue weighted by Gasteiger charge is 2.55. The van der Waals surface area contributed by atoms with E-state index in [1.165, 1.54) is 31.2 Å². The van der Waals surface area contributed by atoms with Crippen LogP contribution in [0.4, 0.5) is 0 Å². The highest BCUT2D eigenvalue weighted by Crippen LogP contribution is 2.53. The zero-order valence-electron chi connectivity index (χ0n) is 11.9. The second-order valence-electron chi connectivity index (χ2n) is 6.46. The Morgan fingerprint density at radius 1 is 1.20 bits per heavy atom. The number of para-hydroxylation sites is 1. The first-order valence-corrected chi connectivity index (χ1v) is 7.87. The lowest BCUT2D eigenvalue weighted by Gasteiger charge is -2.43. The van der Waals surface area contributed by atoms with Crippen molar-refractivity contribution >= 4 is 0 Å². The van der Waals surface area contributed by atoms with Gasteiger partial charge in [-0.25, -0.2) is 0 Å². The van der Waals surface area contributed by atoms with Crippen LogP contribution in [0.15, 0.2) is 36.9 Å². The Kier molecular flexibility index (Phi) is 2.88. The maximum absolute atomic E-state index is 6.41. The van der Waals surface area contributed by atoms with Crippen LogP contribution in [0.3, 0.4) is 0 Å². The normalized spacial score (nSPS) is 38.9. The molecule has 0 unspecified atom stereocenters. The van der Waals surface area contributed by atoms with Gasteiger partial charge in [0, 0.05) is 23.8 Å². The molecule has 4 atom stereocenters. The van der Waals surface area contributed by atoms with E-state index in [2.05, 4.69) is 30.9 Å². The molecule has 3 aliphatic rings. The van der Waals surface area contributed by atoms with Gasteiger partial charge in [0.25, 0.3) is 0 Å². The summed E-state index contributed by atoms with van der Waals surface area (Å²) >= 11 is 0. The molecule has 1 saturated heterocycles. The topological polar surface area (TPSA) is 18.5 Å². The summed E-state index contributed by atoms with van der Waals surface area (Å²) in [7, 11) is 0. The highest BCUT2D eigenvalue weighted by atomic mass is 16.7. The zero-order chi connectivity index (χ0) is 13.6. The summed E-state index contributed by atoms with van der Waals surface area (Å²) in [6, 6.07) is 8.36. The fourth-order valence-electron chi connectivity index (χ4n) is 4.39. The molecule has 2 aliphatic heterocycles. The molecule has 2 fully saturated rings. The van der Waals surface area contributed by atoms with Crippen LogP contribution in [0.5, 0.6) is 5.75 Å². The van der Waals surface area contributed by atoms with Crippen molar-refractivity contribution in [2.45, 2.75) is 43.8 Å². The lowest BCUT2D eigenvalue weighted by Crippen LogP contribution is -2.47. The molecule has 1 aliphatic carbocycles. The molecule has 0 amide bonds. The average Bonchev–Trinajstić information content (AvgIpc) is 2.85. The second kappa shape index (κ2) is 4.63. The molecule has 0 aromatic heterocycles. The van der Waals surface area contributed by atoms with Crippen LogP contribution >= 0.6 is 0 Å². The monoisotopic (exact) mass is 270 g/mol. The van der Waals surface area contributed by atoms with Crippen LogP contribution in [-0.4, -0.2) is 12.4 Å². The van der Waals surface area contributed by atoms with Gasteiger partial charge in [-0.05, 0) is 24.8 Å². The Labute approximate surface area is 120 Å². The van der Waals surface area contributed by atoms with E-state index in [0.717, 1.165) is 18.8 Å². The number of hydrogen-bond donors (Lipinski definition) is 0.